The Morgan fingerprint density at radius 1 is 0.789 bits per heavy atom. The maximum atomic E-state index is 4.71. The fraction of sp³-hybridized carbons (Fsp3) is 0.118. The average Bonchev–Trinajstić information content (AvgIpc) is 2.90. The summed E-state index contributed by atoms with van der Waals surface area (Å²) in [4.78, 5) is 0. The van der Waals surface area contributed by atoms with Crippen molar-refractivity contribution in [2.24, 2.45) is 5.10 Å². The van der Waals surface area contributed by atoms with Crippen molar-refractivity contribution >= 4 is 11.4 Å². The minimum absolute atomic E-state index is 1.04. The Hall–Kier alpha value is -2.19. The molecule has 1 aliphatic rings. The van der Waals surface area contributed by atoms with Gasteiger partial charge in [0.1, 0.15) is 11.9 Å². The van der Waals surface area contributed by atoms with Crippen LogP contribution in [0, 0.1) is 13.8 Å². The Bertz CT molecular complexity index is 634. The maximum absolute atomic E-state index is 4.71. The summed E-state index contributed by atoms with van der Waals surface area (Å²) in [5.74, 6) is 0. The minimum atomic E-state index is 1.04. The predicted octanol–water partition coefficient (Wildman–Crippen LogP) is 2.75. The van der Waals surface area contributed by atoms with Crippen LogP contribution in [0.5, 0.6) is 0 Å². The normalized spacial score (nSPS) is 17.6. The lowest BCUT2D eigenvalue weighted by atomic mass is 10.1. The van der Waals surface area contributed by atoms with Crippen LogP contribution in [0.3, 0.4) is 0 Å². The molecule has 1 heterocycles. The predicted molar refractivity (Wildman–Crippen MR) is 78.7 cm³/mol. The van der Waals surface area contributed by atoms with Gasteiger partial charge in [0.05, 0.1) is 0 Å². The highest BCUT2D eigenvalue weighted by Gasteiger charge is 2.16. The molecule has 94 valence electrons. The lowest BCUT2D eigenvalue weighted by molar-refractivity contribution is -0.779. The molecule has 0 spiro atoms. The molecular formula is C17H17N2+. The van der Waals surface area contributed by atoms with Crippen LogP contribution >= 0.6 is 0 Å². The Morgan fingerprint density at radius 3 is 2.00 bits per heavy atom. The lowest BCUT2D eigenvalue weighted by Gasteiger charge is -2.04. The van der Waals surface area contributed by atoms with Crippen molar-refractivity contribution in [1.29, 1.82) is 0 Å². The summed E-state index contributed by atoms with van der Waals surface area (Å²) in [5, 5.41) is 5.75. The van der Waals surface area contributed by atoms with Crippen LogP contribution in [-0.4, -0.2) is 5.71 Å². The number of aryl methyl sites for hydroxylation is 2. The molecule has 0 fully saturated rings. The molecule has 2 heteroatoms. The zero-order chi connectivity index (χ0) is 13.2. The zero-order valence-corrected chi connectivity index (χ0v) is 11.2. The van der Waals surface area contributed by atoms with Crippen LogP contribution in [0.15, 0.2) is 65.9 Å². The molecule has 1 aliphatic heterocycles. The molecule has 0 saturated heterocycles. The van der Waals surface area contributed by atoms with Crippen LogP contribution in [0.25, 0.3) is 0 Å². The Labute approximate surface area is 113 Å². The lowest BCUT2D eigenvalue weighted by Crippen LogP contribution is -2.96. The molecule has 0 bridgehead atoms. The van der Waals surface area contributed by atoms with E-state index in [4.69, 9.17) is 5.10 Å². The van der Waals surface area contributed by atoms with Crippen molar-refractivity contribution < 1.29 is 5.01 Å². The first-order chi connectivity index (χ1) is 9.22. The first kappa shape index (κ1) is 11.9. The maximum Gasteiger partial charge on any atom is 0.162 e. The van der Waals surface area contributed by atoms with Crippen LogP contribution in [0.4, 0.5) is 5.69 Å². The van der Waals surface area contributed by atoms with Gasteiger partial charge in [-0.1, -0.05) is 52.6 Å². The SMILES string of the molecule is Cc1ccc(C2=N[NH+](c3ccc(C)cc3)C=C2)cc1. The summed E-state index contributed by atoms with van der Waals surface area (Å²) < 4.78 is 0. The minimum Gasteiger partial charge on any atom is -0.150 e. The number of quaternary nitrogens is 1. The second kappa shape index (κ2) is 4.82. The third-order valence-electron chi connectivity index (χ3n) is 3.33. The summed E-state index contributed by atoms with van der Waals surface area (Å²) in [6, 6.07) is 17.0. The third-order valence-corrected chi connectivity index (χ3v) is 3.33. The van der Waals surface area contributed by atoms with E-state index in [2.05, 4.69) is 74.7 Å². The van der Waals surface area contributed by atoms with E-state index in [1.54, 1.807) is 0 Å². The molecule has 0 aliphatic carbocycles. The molecule has 0 radical (unpaired) electrons. The summed E-state index contributed by atoms with van der Waals surface area (Å²) in [5.41, 5.74) is 5.92. The number of benzene rings is 2. The van der Waals surface area contributed by atoms with Crippen molar-refractivity contribution in [3.8, 4) is 0 Å². The van der Waals surface area contributed by atoms with E-state index in [0.717, 1.165) is 10.7 Å². The molecule has 2 aromatic rings. The highest BCUT2D eigenvalue weighted by atomic mass is 15.5. The summed E-state index contributed by atoms with van der Waals surface area (Å²) in [6.07, 6.45) is 4.17. The number of hydrogen-bond donors (Lipinski definition) is 1. The number of rotatable bonds is 2. The quantitative estimate of drug-likeness (QED) is 0.843. The molecule has 2 nitrogen and oxygen atoms in total. The zero-order valence-electron chi connectivity index (χ0n) is 11.2. The molecular weight excluding hydrogens is 232 g/mol. The fourth-order valence-corrected chi connectivity index (χ4v) is 2.13. The van der Waals surface area contributed by atoms with E-state index in [1.807, 2.05) is 0 Å². The van der Waals surface area contributed by atoms with E-state index in [9.17, 15) is 0 Å². The molecule has 0 aromatic heterocycles. The first-order valence-electron chi connectivity index (χ1n) is 6.50. The van der Waals surface area contributed by atoms with E-state index in [0.29, 0.717) is 0 Å². The van der Waals surface area contributed by atoms with Crippen molar-refractivity contribution in [3.63, 3.8) is 0 Å². The standard InChI is InChI=1S/C17H16N2/c1-13-3-7-15(8-4-13)17-11-12-19(18-17)16-9-5-14(2)6-10-16/h3-12H,1-2H3/p+1. The Kier molecular flexibility index (Phi) is 3.02. The first-order valence-corrected chi connectivity index (χ1v) is 6.50. The van der Waals surface area contributed by atoms with E-state index < -0.39 is 0 Å². The Morgan fingerprint density at radius 2 is 1.37 bits per heavy atom. The fourth-order valence-electron chi connectivity index (χ4n) is 2.13. The van der Waals surface area contributed by atoms with E-state index in [-0.39, 0.29) is 0 Å². The van der Waals surface area contributed by atoms with Gasteiger partial charge in [-0.2, -0.15) is 5.01 Å². The molecule has 19 heavy (non-hydrogen) atoms. The summed E-state index contributed by atoms with van der Waals surface area (Å²) >= 11 is 0. The molecule has 0 amide bonds. The third kappa shape index (κ3) is 2.49. The van der Waals surface area contributed by atoms with Gasteiger partial charge in [-0.05, 0) is 13.8 Å². The number of nitrogens with zero attached hydrogens (tertiary/aromatic N) is 1. The van der Waals surface area contributed by atoms with Gasteiger partial charge in [-0.15, -0.1) is 0 Å². The second-order valence-electron chi connectivity index (χ2n) is 4.95. The second-order valence-corrected chi connectivity index (χ2v) is 4.95. The van der Waals surface area contributed by atoms with Gasteiger partial charge in [-0.3, -0.25) is 0 Å². The molecule has 2 aromatic carbocycles. The highest BCUT2D eigenvalue weighted by Crippen LogP contribution is 2.09. The van der Waals surface area contributed by atoms with Crippen LogP contribution < -0.4 is 5.01 Å². The number of hydrogen-bond acceptors (Lipinski definition) is 1. The molecule has 1 atom stereocenters. The van der Waals surface area contributed by atoms with Gasteiger partial charge in [-0.25, -0.2) is 0 Å². The summed E-state index contributed by atoms with van der Waals surface area (Å²) in [6.45, 7) is 4.19. The number of allylic oxidation sites excluding steroid dienone is 1. The highest BCUT2D eigenvalue weighted by molar-refractivity contribution is 6.08. The Balaban J connectivity index is 1.87. The topological polar surface area (TPSA) is 16.8 Å². The van der Waals surface area contributed by atoms with E-state index >= 15 is 0 Å². The molecule has 1 unspecified atom stereocenters. The van der Waals surface area contributed by atoms with Crippen LogP contribution in [0.1, 0.15) is 16.7 Å². The van der Waals surface area contributed by atoms with Gasteiger partial charge < -0.3 is 0 Å². The molecule has 3 rings (SSSR count). The van der Waals surface area contributed by atoms with E-state index in [1.165, 1.54) is 22.4 Å². The number of nitrogens with one attached hydrogen (secondary N) is 1. The molecule has 1 N–H and O–H groups in total. The summed E-state index contributed by atoms with van der Waals surface area (Å²) in [7, 11) is 0. The van der Waals surface area contributed by atoms with Gasteiger partial charge in [0, 0.05) is 23.8 Å². The smallest absolute Gasteiger partial charge is 0.150 e. The van der Waals surface area contributed by atoms with Crippen molar-refractivity contribution in [2.75, 3.05) is 0 Å². The largest absolute Gasteiger partial charge is 0.162 e. The van der Waals surface area contributed by atoms with Crippen molar-refractivity contribution in [2.45, 2.75) is 13.8 Å². The van der Waals surface area contributed by atoms with Crippen LogP contribution in [0.2, 0.25) is 0 Å². The molecule has 0 saturated carbocycles. The van der Waals surface area contributed by atoms with Gasteiger partial charge in [0.15, 0.2) is 5.69 Å². The van der Waals surface area contributed by atoms with Crippen LogP contribution in [-0.2, 0) is 0 Å². The monoisotopic (exact) mass is 249 g/mol. The van der Waals surface area contributed by atoms with Crippen molar-refractivity contribution in [1.82, 2.24) is 0 Å². The van der Waals surface area contributed by atoms with Crippen molar-refractivity contribution in [3.05, 3.63) is 77.5 Å². The van der Waals surface area contributed by atoms with Gasteiger partial charge >= 0.3 is 0 Å². The van der Waals surface area contributed by atoms with Gasteiger partial charge in [0.25, 0.3) is 0 Å². The van der Waals surface area contributed by atoms with Gasteiger partial charge in [0.2, 0.25) is 0 Å². The average molecular weight is 249 g/mol.